The Balaban J connectivity index is 1.43. The van der Waals surface area contributed by atoms with Crippen molar-refractivity contribution in [2.75, 3.05) is 46.1 Å². The third-order valence-electron chi connectivity index (χ3n) is 4.57. The summed E-state index contributed by atoms with van der Waals surface area (Å²) in [6.45, 7) is 3.57. The minimum atomic E-state index is -0.342. The Kier molecular flexibility index (Phi) is 8.42. The van der Waals surface area contributed by atoms with Crippen LogP contribution in [-0.2, 0) is 14.2 Å². The van der Waals surface area contributed by atoms with Gasteiger partial charge in [0.1, 0.15) is 0 Å². The van der Waals surface area contributed by atoms with Gasteiger partial charge < -0.3 is 25.3 Å². The maximum atomic E-state index is 11.7. The third kappa shape index (κ3) is 6.89. The number of alkyl carbamates (subject to hydrolysis) is 1. The third-order valence-corrected chi connectivity index (χ3v) is 4.57. The molecule has 3 N–H and O–H groups in total. The molecule has 23 heavy (non-hydrogen) atoms. The molecule has 0 aliphatic heterocycles. The number of amides is 1. The number of allylic oxidation sites excluding steroid dienone is 2. The Morgan fingerprint density at radius 3 is 2.35 bits per heavy atom. The number of fused-ring (bicyclic) bond motifs is 1. The van der Waals surface area contributed by atoms with Gasteiger partial charge in [-0.2, -0.15) is 0 Å². The van der Waals surface area contributed by atoms with E-state index >= 15 is 0 Å². The molecule has 1 saturated carbocycles. The molecule has 6 heteroatoms. The molecule has 1 unspecified atom stereocenters. The van der Waals surface area contributed by atoms with E-state index in [1.807, 2.05) is 0 Å². The van der Waals surface area contributed by atoms with Crippen molar-refractivity contribution < 1.29 is 19.0 Å². The molecule has 2 aliphatic rings. The highest BCUT2D eigenvalue weighted by atomic mass is 16.6. The molecule has 2 aliphatic carbocycles. The van der Waals surface area contributed by atoms with Crippen molar-refractivity contribution >= 4 is 6.09 Å². The van der Waals surface area contributed by atoms with Crippen molar-refractivity contribution in [2.45, 2.75) is 25.7 Å². The molecule has 0 aromatic carbocycles. The topological polar surface area (TPSA) is 82.8 Å². The molecule has 1 amide bonds. The molecule has 0 radical (unpaired) electrons. The van der Waals surface area contributed by atoms with Gasteiger partial charge in [-0.3, -0.25) is 0 Å². The molecular weight excluding hydrogens is 296 g/mol. The average molecular weight is 326 g/mol. The van der Waals surface area contributed by atoms with Crippen molar-refractivity contribution in [1.29, 1.82) is 0 Å². The molecule has 0 heterocycles. The second-order valence-corrected chi connectivity index (χ2v) is 6.16. The number of hydrogen-bond acceptors (Lipinski definition) is 5. The maximum absolute atomic E-state index is 11.7. The molecule has 0 bridgehead atoms. The summed E-state index contributed by atoms with van der Waals surface area (Å²) in [5.41, 5.74) is 5.30. The summed E-state index contributed by atoms with van der Waals surface area (Å²) in [5.74, 6) is 2.07. The molecule has 6 nitrogen and oxygen atoms in total. The van der Waals surface area contributed by atoms with Gasteiger partial charge in [-0.15, -0.1) is 0 Å². The second kappa shape index (κ2) is 10.6. The van der Waals surface area contributed by atoms with E-state index in [2.05, 4.69) is 17.5 Å². The van der Waals surface area contributed by atoms with Crippen molar-refractivity contribution in [1.82, 2.24) is 5.32 Å². The first-order chi connectivity index (χ1) is 11.3. The lowest BCUT2D eigenvalue weighted by molar-refractivity contribution is 0.0511. The molecule has 0 saturated heterocycles. The summed E-state index contributed by atoms with van der Waals surface area (Å²) in [5, 5.41) is 2.71. The van der Waals surface area contributed by atoms with Crippen molar-refractivity contribution in [3.63, 3.8) is 0 Å². The molecule has 0 aromatic heterocycles. The highest BCUT2D eigenvalue weighted by Gasteiger charge is 2.49. The van der Waals surface area contributed by atoms with Gasteiger partial charge in [-0.1, -0.05) is 12.2 Å². The van der Waals surface area contributed by atoms with Crippen LogP contribution < -0.4 is 11.1 Å². The Morgan fingerprint density at radius 2 is 1.70 bits per heavy atom. The van der Waals surface area contributed by atoms with Gasteiger partial charge in [0.2, 0.25) is 0 Å². The van der Waals surface area contributed by atoms with Crippen molar-refractivity contribution in [3.8, 4) is 0 Å². The lowest BCUT2D eigenvalue weighted by atomic mass is 10.1. The monoisotopic (exact) mass is 326 g/mol. The lowest BCUT2D eigenvalue weighted by Crippen LogP contribution is -2.29. The summed E-state index contributed by atoms with van der Waals surface area (Å²) in [4.78, 5) is 11.7. The molecule has 0 spiro atoms. The fraction of sp³-hybridized carbons (Fsp3) is 0.824. The zero-order chi connectivity index (χ0) is 16.3. The molecule has 132 valence electrons. The summed E-state index contributed by atoms with van der Waals surface area (Å²) in [6.07, 6.45) is 9.01. The van der Waals surface area contributed by atoms with E-state index in [-0.39, 0.29) is 6.09 Å². The predicted molar refractivity (Wildman–Crippen MR) is 88.1 cm³/mol. The maximum Gasteiger partial charge on any atom is 0.407 e. The van der Waals surface area contributed by atoms with Crippen LogP contribution in [0, 0.1) is 17.8 Å². The smallest absolute Gasteiger partial charge is 0.407 e. The number of hydrogen-bond donors (Lipinski definition) is 2. The summed E-state index contributed by atoms with van der Waals surface area (Å²) in [6, 6.07) is 0. The van der Waals surface area contributed by atoms with Gasteiger partial charge in [0.15, 0.2) is 0 Å². The van der Waals surface area contributed by atoms with Gasteiger partial charge in [0.05, 0.1) is 33.0 Å². The molecule has 0 aromatic rings. The van der Waals surface area contributed by atoms with E-state index < -0.39 is 0 Å². The number of nitrogens with one attached hydrogen (secondary N) is 1. The molecule has 1 fully saturated rings. The van der Waals surface area contributed by atoms with Crippen LogP contribution in [0.25, 0.3) is 0 Å². The standard InChI is InChI=1S/C17H30N2O4/c18-7-9-21-11-12-22-10-8-19-17(20)23-13-16-14-5-3-1-2-4-6-15(14)16/h1-2,14-16H,3-13,18H2,(H,19,20)/b2-1-/t14-,15?,16-/m0/s1. The summed E-state index contributed by atoms with van der Waals surface area (Å²) >= 11 is 0. The Hall–Kier alpha value is -1.11. The summed E-state index contributed by atoms with van der Waals surface area (Å²) in [7, 11) is 0. The van der Waals surface area contributed by atoms with Crippen LogP contribution >= 0.6 is 0 Å². The van der Waals surface area contributed by atoms with Crippen LogP contribution in [0.15, 0.2) is 12.2 Å². The van der Waals surface area contributed by atoms with Crippen LogP contribution in [0.3, 0.4) is 0 Å². The number of ether oxygens (including phenoxy) is 3. The highest BCUT2D eigenvalue weighted by molar-refractivity contribution is 5.67. The molecular formula is C17H30N2O4. The number of nitrogens with two attached hydrogens (primary N) is 1. The highest BCUT2D eigenvalue weighted by Crippen LogP contribution is 2.52. The number of carbonyl (C=O) groups excluding carboxylic acids is 1. The van der Waals surface area contributed by atoms with Gasteiger partial charge in [-0.25, -0.2) is 4.79 Å². The second-order valence-electron chi connectivity index (χ2n) is 6.16. The largest absolute Gasteiger partial charge is 0.449 e. The Morgan fingerprint density at radius 1 is 1.04 bits per heavy atom. The van der Waals surface area contributed by atoms with Crippen LogP contribution in [0.4, 0.5) is 4.79 Å². The van der Waals surface area contributed by atoms with Crippen LogP contribution in [0.5, 0.6) is 0 Å². The number of carbonyl (C=O) groups is 1. The van der Waals surface area contributed by atoms with E-state index in [9.17, 15) is 4.79 Å². The SMILES string of the molecule is NCCOCCOCCNC(=O)OC[C@@H]1C2CC/C=C\CC[C@@H]21. The first-order valence-electron chi connectivity index (χ1n) is 8.74. The van der Waals surface area contributed by atoms with Crippen molar-refractivity contribution in [2.24, 2.45) is 23.5 Å². The summed E-state index contributed by atoms with van der Waals surface area (Å²) < 4.78 is 15.8. The molecule has 3 atom stereocenters. The van der Waals surface area contributed by atoms with Gasteiger partial charge >= 0.3 is 6.09 Å². The average Bonchev–Trinajstić information content (AvgIpc) is 3.17. The van der Waals surface area contributed by atoms with Gasteiger partial charge in [-0.05, 0) is 43.4 Å². The van der Waals surface area contributed by atoms with E-state index in [1.54, 1.807) is 0 Å². The van der Waals surface area contributed by atoms with Crippen molar-refractivity contribution in [3.05, 3.63) is 12.2 Å². The normalized spacial score (nSPS) is 27.4. The van der Waals surface area contributed by atoms with E-state index in [0.29, 0.717) is 52.0 Å². The Labute approximate surface area is 138 Å². The lowest BCUT2D eigenvalue weighted by Gasteiger charge is -2.08. The van der Waals surface area contributed by atoms with E-state index in [4.69, 9.17) is 19.9 Å². The van der Waals surface area contributed by atoms with Crippen LogP contribution in [-0.4, -0.2) is 52.2 Å². The first kappa shape index (κ1) is 18.2. The minimum absolute atomic E-state index is 0.342. The van der Waals surface area contributed by atoms with E-state index in [0.717, 1.165) is 24.7 Å². The van der Waals surface area contributed by atoms with Crippen LogP contribution in [0.2, 0.25) is 0 Å². The van der Waals surface area contributed by atoms with Gasteiger partial charge in [0, 0.05) is 13.1 Å². The quantitative estimate of drug-likeness (QED) is 0.471. The zero-order valence-electron chi connectivity index (χ0n) is 13.9. The zero-order valence-corrected chi connectivity index (χ0v) is 13.9. The minimum Gasteiger partial charge on any atom is -0.449 e. The van der Waals surface area contributed by atoms with E-state index in [1.165, 1.54) is 12.8 Å². The predicted octanol–water partition coefficient (Wildman–Crippen LogP) is 1.70. The first-order valence-corrected chi connectivity index (χ1v) is 8.74. The van der Waals surface area contributed by atoms with Crippen LogP contribution in [0.1, 0.15) is 25.7 Å². The number of rotatable bonds is 10. The molecule has 2 rings (SSSR count). The fourth-order valence-electron chi connectivity index (χ4n) is 3.29. The Bertz CT molecular complexity index is 360. The fourth-order valence-corrected chi connectivity index (χ4v) is 3.29. The van der Waals surface area contributed by atoms with Gasteiger partial charge in [0.25, 0.3) is 0 Å².